The Bertz CT molecular complexity index is 890. The van der Waals surface area contributed by atoms with E-state index in [1.54, 1.807) is 26.0 Å². The molecule has 0 heterocycles. The Labute approximate surface area is 191 Å². The van der Waals surface area contributed by atoms with Crippen LogP contribution in [0.3, 0.4) is 0 Å². The van der Waals surface area contributed by atoms with Crippen LogP contribution < -0.4 is 14.8 Å². The summed E-state index contributed by atoms with van der Waals surface area (Å²) in [5, 5.41) is 2.99. The molecule has 0 spiro atoms. The largest absolute Gasteiger partial charge is 0.493 e. The lowest BCUT2D eigenvalue weighted by atomic mass is 10.1. The number of carbonyl (C=O) groups is 2. The van der Waals surface area contributed by atoms with Crippen LogP contribution in [0.4, 0.5) is 0 Å². The molecule has 0 aliphatic rings. The molecular weight excluding hydrogens is 404 g/mol. The van der Waals surface area contributed by atoms with E-state index in [-0.39, 0.29) is 17.4 Å². The summed E-state index contributed by atoms with van der Waals surface area (Å²) in [5.74, 6) is 1.09. The van der Waals surface area contributed by atoms with E-state index in [4.69, 9.17) is 9.47 Å². The Hall–Kier alpha value is -3.02. The van der Waals surface area contributed by atoms with E-state index >= 15 is 0 Å². The minimum atomic E-state index is -0.559. The van der Waals surface area contributed by atoms with Gasteiger partial charge in [0.15, 0.2) is 11.5 Å². The average molecular weight is 441 g/mol. The van der Waals surface area contributed by atoms with Gasteiger partial charge in [-0.15, -0.1) is 0 Å². The van der Waals surface area contributed by atoms with Gasteiger partial charge in [-0.05, 0) is 63.8 Å². The molecule has 0 radical (unpaired) electrons. The van der Waals surface area contributed by atoms with Crippen LogP contribution in [0, 0.1) is 0 Å². The summed E-state index contributed by atoms with van der Waals surface area (Å²) in [5.41, 5.74) is 1.75. The Kier molecular flexibility index (Phi) is 9.12. The number of hydrogen-bond donors (Lipinski definition) is 1. The van der Waals surface area contributed by atoms with Gasteiger partial charge in [0.2, 0.25) is 11.8 Å². The normalized spacial score (nSPS) is 12.1. The van der Waals surface area contributed by atoms with Crippen LogP contribution in [0.1, 0.15) is 45.2 Å². The van der Waals surface area contributed by atoms with Crippen molar-refractivity contribution in [1.29, 1.82) is 0 Å². The Balaban J connectivity index is 2.12. The Morgan fingerprint density at radius 2 is 1.59 bits per heavy atom. The molecule has 2 aromatic rings. The molecule has 174 valence electrons. The summed E-state index contributed by atoms with van der Waals surface area (Å²) in [6.45, 7) is 8.08. The maximum atomic E-state index is 13.2. The fraction of sp³-hybridized carbons (Fsp3) is 0.462. The number of aryl methyl sites for hydroxylation is 1. The minimum absolute atomic E-state index is 0.0488. The van der Waals surface area contributed by atoms with Crippen LogP contribution in [0.5, 0.6) is 11.5 Å². The summed E-state index contributed by atoms with van der Waals surface area (Å²) in [4.78, 5) is 27.7. The first-order valence-electron chi connectivity index (χ1n) is 11.0. The molecule has 2 amide bonds. The van der Waals surface area contributed by atoms with Crippen molar-refractivity contribution in [1.82, 2.24) is 10.2 Å². The van der Waals surface area contributed by atoms with E-state index in [0.29, 0.717) is 37.3 Å². The summed E-state index contributed by atoms with van der Waals surface area (Å²) in [7, 11) is 3.18. The molecule has 1 N–H and O–H groups in total. The monoisotopic (exact) mass is 440 g/mol. The maximum Gasteiger partial charge on any atom is 0.242 e. The van der Waals surface area contributed by atoms with Crippen molar-refractivity contribution >= 4 is 11.8 Å². The third-order valence-corrected chi connectivity index (χ3v) is 5.23. The summed E-state index contributed by atoms with van der Waals surface area (Å²) in [6.07, 6.45) is 1.54. The molecular formula is C26H36N2O4. The molecule has 6 heteroatoms. The zero-order valence-electron chi connectivity index (χ0n) is 20.1. The van der Waals surface area contributed by atoms with Crippen LogP contribution in [-0.4, -0.2) is 49.1 Å². The number of rotatable bonds is 10. The third kappa shape index (κ3) is 7.59. The van der Waals surface area contributed by atoms with Gasteiger partial charge in [-0.25, -0.2) is 0 Å². The second kappa shape index (κ2) is 11.6. The summed E-state index contributed by atoms with van der Waals surface area (Å²) < 4.78 is 10.6. The molecule has 1 atom stereocenters. The first kappa shape index (κ1) is 25.2. The quantitative estimate of drug-likeness (QED) is 0.606. The van der Waals surface area contributed by atoms with Gasteiger partial charge in [0, 0.05) is 18.5 Å². The third-order valence-electron chi connectivity index (χ3n) is 5.23. The van der Waals surface area contributed by atoms with Gasteiger partial charge in [-0.3, -0.25) is 9.59 Å². The van der Waals surface area contributed by atoms with Gasteiger partial charge < -0.3 is 19.7 Å². The van der Waals surface area contributed by atoms with Crippen molar-refractivity contribution in [2.45, 2.75) is 58.5 Å². The highest BCUT2D eigenvalue weighted by Crippen LogP contribution is 2.28. The fourth-order valence-electron chi connectivity index (χ4n) is 3.48. The van der Waals surface area contributed by atoms with Crippen molar-refractivity contribution in [2.24, 2.45) is 0 Å². The van der Waals surface area contributed by atoms with Crippen LogP contribution in [0.15, 0.2) is 48.5 Å². The van der Waals surface area contributed by atoms with E-state index in [1.165, 1.54) is 0 Å². The smallest absolute Gasteiger partial charge is 0.242 e. The zero-order valence-corrected chi connectivity index (χ0v) is 20.1. The number of nitrogens with zero attached hydrogens (tertiary/aromatic N) is 1. The van der Waals surface area contributed by atoms with Crippen LogP contribution >= 0.6 is 0 Å². The maximum absolute atomic E-state index is 13.2. The van der Waals surface area contributed by atoms with Crippen molar-refractivity contribution < 1.29 is 19.1 Å². The van der Waals surface area contributed by atoms with Gasteiger partial charge in [-0.1, -0.05) is 36.4 Å². The fourth-order valence-corrected chi connectivity index (χ4v) is 3.48. The number of carbonyl (C=O) groups excluding carboxylic acids is 2. The van der Waals surface area contributed by atoms with Gasteiger partial charge in [0.1, 0.15) is 6.04 Å². The Morgan fingerprint density at radius 1 is 0.938 bits per heavy atom. The summed E-state index contributed by atoms with van der Waals surface area (Å²) in [6, 6.07) is 15.1. The molecule has 0 aromatic heterocycles. The number of ether oxygens (including phenoxy) is 2. The van der Waals surface area contributed by atoms with Crippen molar-refractivity contribution in [3.8, 4) is 11.5 Å². The predicted octanol–water partition coefficient (Wildman–Crippen LogP) is 4.01. The van der Waals surface area contributed by atoms with E-state index in [1.807, 2.05) is 69.3 Å². The van der Waals surface area contributed by atoms with E-state index in [9.17, 15) is 9.59 Å². The number of nitrogens with one attached hydrogen (secondary N) is 1. The zero-order chi connectivity index (χ0) is 23.7. The van der Waals surface area contributed by atoms with Gasteiger partial charge in [0.05, 0.1) is 14.2 Å². The standard InChI is InChI=1S/C26H36N2O4/c1-19(25(30)27-26(2,3)4)28(17-16-20-10-8-7-9-11-20)24(29)15-13-21-12-14-22(31-5)23(18-21)32-6/h7-12,14,18-19H,13,15-17H2,1-6H3,(H,27,30)/t19-/m1/s1. The lowest BCUT2D eigenvalue weighted by Gasteiger charge is -2.31. The molecule has 0 saturated heterocycles. The first-order chi connectivity index (χ1) is 15.1. The van der Waals surface area contributed by atoms with Crippen molar-refractivity contribution in [3.05, 3.63) is 59.7 Å². The van der Waals surface area contributed by atoms with Crippen LogP contribution in [0.25, 0.3) is 0 Å². The molecule has 0 bridgehead atoms. The molecule has 0 saturated carbocycles. The highest BCUT2D eigenvalue weighted by atomic mass is 16.5. The van der Waals surface area contributed by atoms with E-state index < -0.39 is 6.04 Å². The predicted molar refractivity (Wildman–Crippen MR) is 127 cm³/mol. The average Bonchev–Trinajstić information content (AvgIpc) is 2.76. The highest BCUT2D eigenvalue weighted by Gasteiger charge is 2.27. The molecule has 0 fully saturated rings. The first-order valence-corrected chi connectivity index (χ1v) is 11.0. The summed E-state index contributed by atoms with van der Waals surface area (Å²) >= 11 is 0. The topological polar surface area (TPSA) is 67.9 Å². The molecule has 2 aromatic carbocycles. The van der Waals surface area contributed by atoms with Gasteiger partial charge in [-0.2, -0.15) is 0 Å². The molecule has 6 nitrogen and oxygen atoms in total. The number of amides is 2. The van der Waals surface area contributed by atoms with Crippen LogP contribution in [0.2, 0.25) is 0 Å². The molecule has 0 aliphatic carbocycles. The molecule has 2 rings (SSSR count). The van der Waals surface area contributed by atoms with E-state index in [2.05, 4.69) is 5.32 Å². The highest BCUT2D eigenvalue weighted by molar-refractivity contribution is 5.87. The van der Waals surface area contributed by atoms with Gasteiger partial charge >= 0.3 is 0 Å². The SMILES string of the molecule is COc1ccc(CCC(=O)N(CCc2ccccc2)[C@H](C)C(=O)NC(C)(C)C)cc1OC. The second-order valence-electron chi connectivity index (χ2n) is 8.93. The number of hydrogen-bond acceptors (Lipinski definition) is 4. The minimum Gasteiger partial charge on any atom is -0.493 e. The molecule has 32 heavy (non-hydrogen) atoms. The lowest BCUT2D eigenvalue weighted by Crippen LogP contribution is -2.53. The number of benzene rings is 2. The lowest BCUT2D eigenvalue weighted by molar-refractivity contribution is -0.140. The van der Waals surface area contributed by atoms with Gasteiger partial charge in [0.25, 0.3) is 0 Å². The van der Waals surface area contributed by atoms with E-state index in [0.717, 1.165) is 11.1 Å². The van der Waals surface area contributed by atoms with Crippen LogP contribution in [-0.2, 0) is 22.4 Å². The van der Waals surface area contributed by atoms with Crippen molar-refractivity contribution in [3.63, 3.8) is 0 Å². The molecule has 0 unspecified atom stereocenters. The second-order valence-corrected chi connectivity index (χ2v) is 8.93. The molecule has 0 aliphatic heterocycles. The Morgan fingerprint density at radius 3 is 2.19 bits per heavy atom. The number of methoxy groups -OCH3 is 2. The van der Waals surface area contributed by atoms with Crippen molar-refractivity contribution in [2.75, 3.05) is 20.8 Å².